The number of rotatable bonds is 8. The van der Waals surface area contributed by atoms with E-state index in [1.54, 1.807) is 6.07 Å². The van der Waals surface area contributed by atoms with Crippen LogP contribution in [0.1, 0.15) is 28.8 Å². The number of esters is 1. The molecule has 0 aliphatic carbocycles. The Morgan fingerprint density at radius 3 is 2.35 bits per heavy atom. The van der Waals surface area contributed by atoms with Crippen LogP contribution in [0, 0.1) is 0 Å². The number of amides is 3. The smallest absolute Gasteiger partial charge is 0.340 e. The van der Waals surface area contributed by atoms with Crippen molar-refractivity contribution in [2.24, 2.45) is 0 Å². The van der Waals surface area contributed by atoms with Gasteiger partial charge in [-0.25, -0.2) is 22.3 Å². The van der Waals surface area contributed by atoms with E-state index >= 15 is 0 Å². The van der Waals surface area contributed by atoms with E-state index < -0.39 is 34.5 Å². The lowest BCUT2D eigenvalue weighted by molar-refractivity contribution is -0.123. The SMILES string of the molecule is CN(C)S(=O)(=O)c1ccc(N2CCCC2)c(C(=O)OCC(=O)NC(=O)NCc2ccccc2)c1. The first kappa shape index (κ1) is 25.2. The van der Waals surface area contributed by atoms with Gasteiger partial charge in [-0.15, -0.1) is 0 Å². The second-order valence-electron chi connectivity index (χ2n) is 7.95. The zero-order valence-corrected chi connectivity index (χ0v) is 19.9. The molecule has 0 saturated carbocycles. The minimum Gasteiger partial charge on any atom is -0.452 e. The van der Waals surface area contributed by atoms with Gasteiger partial charge in [0.1, 0.15) is 0 Å². The lowest BCUT2D eigenvalue weighted by Gasteiger charge is -2.22. The molecule has 10 nitrogen and oxygen atoms in total. The summed E-state index contributed by atoms with van der Waals surface area (Å²) in [5.41, 5.74) is 1.45. The standard InChI is InChI=1S/C23H28N4O6S/c1-26(2)34(31,32)18-10-11-20(27-12-6-7-13-27)19(14-18)22(29)33-16-21(28)25-23(30)24-15-17-8-4-3-5-9-17/h3-5,8-11,14H,6-7,12-13,15-16H2,1-2H3,(H2,24,25,28,30). The molecule has 182 valence electrons. The fourth-order valence-electron chi connectivity index (χ4n) is 3.48. The van der Waals surface area contributed by atoms with Gasteiger partial charge in [-0.3, -0.25) is 10.1 Å². The zero-order chi connectivity index (χ0) is 24.7. The molecule has 2 N–H and O–H groups in total. The van der Waals surface area contributed by atoms with Crippen LogP contribution < -0.4 is 15.5 Å². The van der Waals surface area contributed by atoms with Crippen molar-refractivity contribution >= 4 is 33.6 Å². The minimum atomic E-state index is -3.77. The molecule has 1 aliphatic rings. The van der Waals surface area contributed by atoms with Crippen LogP contribution in [0.3, 0.4) is 0 Å². The summed E-state index contributed by atoms with van der Waals surface area (Å²) in [6.07, 6.45) is 1.90. The van der Waals surface area contributed by atoms with Gasteiger partial charge in [0.15, 0.2) is 6.61 Å². The van der Waals surface area contributed by atoms with Crippen molar-refractivity contribution in [3.05, 3.63) is 59.7 Å². The maximum atomic E-state index is 12.8. The Kier molecular flexibility index (Phi) is 8.24. The largest absolute Gasteiger partial charge is 0.452 e. The summed E-state index contributed by atoms with van der Waals surface area (Å²) in [5.74, 6) is -1.66. The van der Waals surface area contributed by atoms with Crippen LogP contribution in [-0.2, 0) is 26.1 Å². The van der Waals surface area contributed by atoms with Crippen LogP contribution in [0.2, 0.25) is 0 Å². The molecular weight excluding hydrogens is 460 g/mol. The number of carbonyl (C=O) groups is 3. The maximum Gasteiger partial charge on any atom is 0.340 e. The van der Waals surface area contributed by atoms with Gasteiger partial charge in [0.05, 0.1) is 16.1 Å². The van der Waals surface area contributed by atoms with Gasteiger partial charge >= 0.3 is 12.0 Å². The Bertz CT molecular complexity index is 1150. The number of hydrogen-bond donors (Lipinski definition) is 2. The maximum absolute atomic E-state index is 12.8. The molecule has 0 radical (unpaired) electrons. The van der Waals surface area contributed by atoms with Crippen molar-refractivity contribution in [2.45, 2.75) is 24.3 Å². The van der Waals surface area contributed by atoms with Crippen molar-refractivity contribution in [1.29, 1.82) is 0 Å². The number of sulfonamides is 1. The van der Waals surface area contributed by atoms with Crippen LogP contribution in [0.5, 0.6) is 0 Å². The van der Waals surface area contributed by atoms with E-state index in [0.717, 1.165) is 35.8 Å². The van der Waals surface area contributed by atoms with Gasteiger partial charge in [-0.2, -0.15) is 0 Å². The van der Waals surface area contributed by atoms with E-state index in [-0.39, 0.29) is 17.0 Å². The average molecular weight is 489 g/mol. The first-order chi connectivity index (χ1) is 16.2. The van der Waals surface area contributed by atoms with E-state index in [0.29, 0.717) is 5.69 Å². The second kappa shape index (κ2) is 11.1. The normalized spacial score (nSPS) is 13.6. The van der Waals surface area contributed by atoms with Crippen LogP contribution in [0.25, 0.3) is 0 Å². The third-order valence-corrected chi connectivity index (χ3v) is 7.11. The number of hydrogen-bond acceptors (Lipinski definition) is 7. The van der Waals surface area contributed by atoms with Crippen LogP contribution in [0.15, 0.2) is 53.4 Å². The number of anilines is 1. The number of benzene rings is 2. The van der Waals surface area contributed by atoms with Crippen molar-refractivity contribution < 1.29 is 27.5 Å². The Hall–Kier alpha value is -3.44. The molecule has 11 heteroatoms. The summed E-state index contributed by atoms with van der Waals surface area (Å²) in [6.45, 7) is 0.984. The minimum absolute atomic E-state index is 0.0474. The molecule has 3 rings (SSSR count). The molecule has 2 aromatic carbocycles. The molecule has 0 spiro atoms. The first-order valence-electron chi connectivity index (χ1n) is 10.8. The summed E-state index contributed by atoms with van der Waals surface area (Å²) < 4.78 is 31.3. The van der Waals surface area contributed by atoms with E-state index in [1.165, 1.54) is 26.2 Å². The molecule has 2 aromatic rings. The van der Waals surface area contributed by atoms with Crippen LogP contribution >= 0.6 is 0 Å². The highest BCUT2D eigenvalue weighted by Gasteiger charge is 2.25. The Morgan fingerprint density at radius 2 is 1.71 bits per heavy atom. The number of nitrogens with one attached hydrogen (secondary N) is 2. The average Bonchev–Trinajstić information content (AvgIpc) is 3.36. The predicted molar refractivity (Wildman–Crippen MR) is 126 cm³/mol. The molecule has 0 bridgehead atoms. The van der Waals surface area contributed by atoms with Crippen LogP contribution in [-0.4, -0.2) is 64.4 Å². The lowest BCUT2D eigenvalue weighted by atomic mass is 10.1. The fraction of sp³-hybridized carbons (Fsp3) is 0.348. The van der Waals surface area contributed by atoms with Gasteiger partial charge in [0.25, 0.3) is 5.91 Å². The second-order valence-corrected chi connectivity index (χ2v) is 10.1. The topological polar surface area (TPSA) is 125 Å². The quantitative estimate of drug-likeness (QED) is 0.542. The summed E-state index contributed by atoms with van der Waals surface area (Å²) in [4.78, 5) is 38.8. The van der Waals surface area contributed by atoms with E-state index in [9.17, 15) is 22.8 Å². The van der Waals surface area contributed by atoms with Crippen molar-refractivity contribution in [2.75, 3.05) is 38.7 Å². The molecule has 0 aromatic heterocycles. The first-order valence-corrected chi connectivity index (χ1v) is 12.2. The third-order valence-electron chi connectivity index (χ3n) is 5.30. The van der Waals surface area contributed by atoms with Crippen molar-refractivity contribution in [1.82, 2.24) is 14.9 Å². The molecule has 34 heavy (non-hydrogen) atoms. The van der Waals surface area contributed by atoms with Gasteiger partial charge in [0.2, 0.25) is 10.0 Å². The van der Waals surface area contributed by atoms with Gasteiger partial charge in [-0.1, -0.05) is 30.3 Å². The molecule has 1 heterocycles. The zero-order valence-electron chi connectivity index (χ0n) is 19.1. The number of imide groups is 1. The van der Waals surface area contributed by atoms with Gasteiger partial charge < -0.3 is 15.0 Å². The third kappa shape index (κ3) is 6.33. The molecule has 0 atom stereocenters. The number of carbonyl (C=O) groups excluding carboxylic acids is 3. The summed E-state index contributed by atoms with van der Waals surface area (Å²) >= 11 is 0. The molecule has 0 unspecified atom stereocenters. The van der Waals surface area contributed by atoms with E-state index in [2.05, 4.69) is 10.6 Å². The number of nitrogens with zero attached hydrogens (tertiary/aromatic N) is 2. The highest BCUT2D eigenvalue weighted by atomic mass is 32.2. The van der Waals surface area contributed by atoms with Crippen molar-refractivity contribution in [3.63, 3.8) is 0 Å². The monoisotopic (exact) mass is 488 g/mol. The summed E-state index contributed by atoms with van der Waals surface area (Å²) in [6, 6.07) is 12.7. The Labute approximate surface area is 198 Å². The molecule has 1 saturated heterocycles. The van der Waals surface area contributed by atoms with E-state index in [1.807, 2.05) is 35.2 Å². The Balaban J connectivity index is 1.65. The number of urea groups is 1. The molecular formula is C23H28N4O6S. The highest BCUT2D eigenvalue weighted by molar-refractivity contribution is 7.89. The van der Waals surface area contributed by atoms with Crippen LogP contribution in [0.4, 0.5) is 10.5 Å². The number of ether oxygens (including phenoxy) is 1. The lowest BCUT2D eigenvalue weighted by Crippen LogP contribution is -2.41. The molecule has 3 amide bonds. The molecule has 1 aliphatic heterocycles. The fourth-order valence-corrected chi connectivity index (χ4v) is 4.41. The highest BCUT2D eigenvalue weighted by Crippen LogP contribution is 2.28. The summed E-state index contributed by atoms with van der Waals surface area (Å²) in [7, 11) is -0.979. The summed E-state index contributed by atoms with van der Waals surface area (Å²) in [5, 5.41) is 4.64. The van der Waals surface area contributed by atoms with Crippen molar-refractivity contribution in [3.8, 4) is 0 Å². The predicted octanol–water partition coefficient (Wildman–Crippen LogP) is 1.72. The van der Waals surface area contributed by atoms with Gasteiger partial charge in [0, 0.05) is 33.7 Å². The Morgan fingerprint density at radius 1 is 1.03 bits per heavy atom. The van der Waals surface area contributed by atoms with E-state index in [4.69, 9.17) is 4.74 Å². The molecule has 1 fully saturated rings. The van der Waals surface area contributed by atoms with Gasteiger partial charge in [-0.05, 0) is 36.6 Å².